The zero-order valence-electron chi connectivity index (χ0n) is 11.7. The summed E-state index contributed by atoms with van der Waals surface area (Å²) in [7, 11) is 1.74. The number of carbonyl (C=O) groups is 1. The lowest BCUT2D eigenvalue weighted by atomic mass is 10.1. The monoisotopic (exact) mass is 357 g/mol. The van der Waals surface area contributed by atoms with E-state index in [1.807, 2.05) is 36.4 Å². The molecule has 2 aromatic carbocycles. The Kier molecular flexibility index (Phi) is 3.97. The number of halogens is 1. The van der Waals surface area contributed by atoms with E-state index in [0.717, 1.165) is 10.2 Å². The fourth-order valence-electron chi connectivity index (χ4n) is 2.10. The molecule has 0 spiro atoms. The summed E-state index contributed by atoms with van der Waals surface area (Å²) >= 11 is 3.40. The maximum atomic E-state index is 12.8. The van der Waals surface area contributed by atoms with Gasteiger partial charge in [0, 0.05) is 17.2 Å². The van der Waals surface area contributed by atoms with Crippen molar-refractivity contribution < 1.29 is 4.79 Å². The number of hydrogen-bond donors (Lipinski definition) is 0. The summed E-state index contributed by atoms with van der Waals surface area (Å²) in [4.78, 5) is 14.4. The molecule has 0 bridgehead atoms. The normalized spacial score (nSPS) is 10.5. The van der Waals surface area contributed by atoms with Crippen molar-refractivity contribution in [3.8, 4) is 5.69 Å². The van der Waals surface area contributed by atoms with Crippen LogP contribution < -0.4 is 4.90 Å². The number of anilines is 1. The van der Waals surface area contributed by atoms with Crippen molar-refractivity contribution in [2.45, 2.75) is 0 Å². The van der Waals surface area contributed by atoms with Gasteiger partial charge in [-0.3, -0.25) is 4.79 Å². The fourth-order valence-corrected chi connectivity index (χ4v) is 2.46. The quantitative estimate of drug-likeness (QED) is 0.722. The molecule has 0 atom stereocenters. The molecule has 3 rings (SSSR count). The van der Waals surface area contributed by atoms with Crippen molar-refractivity contribution >= 4 is 27.5 Å². The van der Waals surface area contributed by atoms with Crippen molar-refractivity contribution in [2.75, 3.05) is 11.9 Å². The van der Waals surface area contributed by atoms with Crippen LogP contribution in [-0.2, 0) is 0 Å². The average Bonchev–Trinajstić information content (AvgIpc) is 3.08. The lowest BCUT2D eigenvalue weighted by molar-refractivity contribution is 0.0993. The number of hydrogen-bond acceptors (Lipinski definition) is 4. The first-order valence-corrected chi connectivity index (χ1v) is 7.32. The zero-order chi connectivity index (χ0) is 15.5. The van der Waals surface area contributed by atoms with Crippen LogP contribution in [0.15, 0.2) is 59.3 Å². The van der Waals surface area contributed by atoms with E-state index in [-0.39, 0.29) is 5.91 Å². The number of amides is 1. The van der Waals surface area contributed by atoms with E-state index in [9.17, 15) is 4.79 Å². The highest BCUT2D eigenvalue weighted by atomic mass is 79.9. The van der Waals surface area contributed by atoms with Gasteiger partial charge < -0.3 is 4.90 Å². The molecule has 0 N–H and O–H groups in total. The highest BCUT2D eigenvalue weighted by Crippen LogP contribution is 2.23. The molecule has 1 aromatic heterocycles. The van der Waals surface area contributed by atoms with Crippen molar-refractivity contribution in [2.24, 2.45) is 0 Å². The van der Waals surface area contributed by atoms with Gasteiger partial charge in [0.1, 0.15) is 6.33 Å². The fraction of sp³-hybridized carbons (Fsp3) is 0.0667. The first-order valence-electron chi connectivity index (χ1n) is 6.53. The molecule has 1 heterocycles. The van der Waals surface area contributed by atoms with Crippen LogP contribution >= 0.6 is 15.9 Å². The van der Waals surface area contributed by atoms with Crippen molar-refractivity contribution in [3.05, 3.63) is 64.9 Å². The highest BCUT2D eigenvalue weighted by molar-refractivity contribution is 9.10. The minimum atomic E-state index is -0.141. The van der Waals surface area contributed by atoms with E-state index in [1.165, 1.54) is 11.0 Å². The lowest BCUT2D eigenvalue weighted by Crippen LogP contribution is -2.27. The highest BCUT2D eigenvalue weighted by Gasteiger charge is 2.19. The molecule has 110 valence electrons. The van der Waals surface area contributed by atoms with Gasteiger partial charge in [0.2, 0.25) is 0 Å². The number of para-hydroxylation sites is 1. The van der Waals surface area contributed by atoms with Crippen LogP contribution in [0.3, 0.4) is 0 Å². The number of aromatic nitrogens is 4. The van der Waals surface area contributed by atoms with Crippen molar-refractivity contribution in [1.82, 2.24) is 20.2 Å². The summed E-state index contributed by atoms with van der Waals surface area (Å²) < 4.78 is 2.28. The molecule has 3 aromatic rings. The molecule has 0 saturated carbocycles. The SMILES string of the molecule is CN(C(=O)c1cc(Br)ccc1-n1cnnn1)c1ccccc1. The number of nitrogens with zero attached hydrogens (tertiary/aromatic N) is 5. The Morgan fingerprint density at radius 1 is 1.18 bits per heavy atom. The molecular weight excluding hydrogens is 346 g/mol. The summed E-state index contributed by atoms with van der Waals surface area (Å²) in [6, 6.07) is 14.9. The van der Waals surface area contributed by atoms with Gasteiger partial charge in [0.05, 0.1) is 11.3 Å². The maximum absolute atomic E-state index is 12.8. The van der Waals surface area contributed by atoms with E-state index in [1.54, 1.807) is 24.1 Å². The van der Waals surface area contributed by atoms with E-state index in [4.69, 9.17) is 0 Å². The molecule has 0 unspecified atom stereocenters. The smallest absolute Gasteiger partial charge is 0.260 e. The molecule has 0 radical (unpaired) electrons. The molecular formula is C15H12BrN5O. The minimum Gasteiger partial charge on any atom is -0.311 e. The van der Waals surface area contributed by atoms with E-state index < -0.39 is 0 Å². The molecule has 0 aliphatic rings. The van der Waals surface area contributed by atoms with Crippen LogP contribution in [-0.4, -0.2) is 33.2 Å². The second-order valence-electron chi connectivity index (χ2n) is 4.62. The molecule has 0 aliphatic heterocycles. The Morgan fingerprint density at radius 2 is 1.95 bits per heavy atom. The second kappa shape index (κ2) is 6.07. The van der Waals surface area contributed by atoms with Crippen LogP contribution in [0.1, 0.15) is 10.4 Å². The van der Waals surface area contributed by atoms with Gasteiger partial charge in [-0.05, 0) is 40.8 Å². The number of tetrazole rings is 1. The van der Waals surface area contributed by atoms with Gasteiger partial charge in [-0.15, -0.1) is 5.10 Å². The van der Waals surface area contributed by atoms with E-state index >= 15 is 0 Å². The van der Waals surface area contributed by atoms with Crippen LogP contribution in [0.5, 0.6) is 0 Å². The lowest BCUT2D eigenvalue weighted by Gasteiger charge is -2.19. The first-order chi connectivity index (χ1) is 10.7. The molecule has 7 heteroatoms. The largest absolute Gasteiger partial charge is 0.311 e. The van der Waals surface area contributed by atoms with Gasteiger partial charge in [0.15, 0.2) is 0 Å². The van der Waals surface area contributed by atoms with E-state index in [2.05, 4.69) is 31.5 Å². The second-order valence-corrected chi connectivity index (χ2v) is 5.53. The van der Waals surface area contributed by atoms with Crippen LogP contribution in [0.2, 0.25) is 0 Å². The average molecular weight is 358 g/mol. The van der Waals surface area contributed by atoms with E-state index in [0.29, 0.717) is 11.3 Å². The summed E-state index contributed by atoms with van der Waals surface area (Å²) in [5, 5.41) is 11.1. The van der Waals surface area contributed by atoms with Gasteiger partial charge in [-0.2, -0.15) is 4.68 Å². The number of benzene rings is 2. The Balaban J connectivity index is 2.04. The summed E-state index contributed by atoms with van der Waals surface area (Å²) in [5.74, 6) is -0.141. The van der Waals surface area contributed by atoms with Crippen molar-refractivity contribution in [3.63, 3.8) is 0 Å². The molecule has 1 amide bonds. The van der Waals surface area contributed by atoms with Crippen LogP contribution in [0.4, 0.5) is 5.69 Å². The predicted molar refractivity (Wildman–Crippen MR) is 86.0 cm³/mol. The van der Waals surface area contributed by atoms with Gasteiger partial charge in [0.25, 0.3) is 5.91 Å². The third kappa shape index (κ3) is 2.75. The topological polar surface area (TPSA) is 63.9 Å². The Hall–Kier alpha value is -2.54. The Labute approximate surface area is 135 Å². The predicted octanol–water partition coefficient (Wildman–Crippen LogP) is 2.70. The van der Waals surface area contributed by atoms with Crippen LogP contribution in [0.25, 0.3) is 5.69 Å². The standard InChI is InChI=1S/C15H12BrN5O/c1-20(12-5-3-2-4-6-12)15(22)13-9-11(16)7-8-14(13)21-10-17-18-19-21/h2-10H,1H3. The number of rotatable bonds is 3. The molecule has 0 aliphatic carbocycles. The zero-order valence-corrected chi connectivity index (χ0v) is 13.3. The first kappa shape index (κ1) is 14.4. The van der Waals surface area contributed by atoms with Gasteiger partial charge >= 0.3 is 0 Å². The molecule has 0 fully saturated rings. The third-order valence-corrected chi connectivity index (χ3v) is 3.73. The minimum absolute atomic E-state index is 0.141. The summed E-state index contributed by atoms with van der Waals surface area (Å²) in [5.41, 5.74) is 1.95. The van der Waals surface area contributed by atoms with Gasteiger partial charge in [-0.25, -0.2) is 0 Å². The Morgan fingerprint density at radius 3 is 2.64 bits per heavy atom. The molecule has 6 nitrogen and oxygen atoms in total. The van der Waals surface area contributed by atoms with Crippen LogP contribution in [0, 0.1) is 0 Å². The summed E-state index contributed by atoms with van der Waals surface area (Å²) in [6.07, 6.45) is 1.46. The van der Waals surface area contributed by atoms with Crippen molar-refractivity contribution in [1.29, 1.82) is 0 Å². The Bertz CT molecular complexity index is 789. The third-order valence-electron chi connectivity index (χ3n) is 3.23. The number of carbonyl (C=O) groups excluding carboxylic acids is 1. The summed E-state index contributed by atoms with van der Waals surface area (Å²) in [6.45, 7) is 0. The van der Waals surface area contributed by atoms with Gasteiger partial charge in [-0.1, -0.05) is 34.1 Å². The maximum Gasteiger partial charge on any atom is 0.260 e. The molecule has 0 saturated heterocycles. The molecule has 22 heavy (non-hydrogen) atoms.